The highest BCUT2D eigenvalue weighted by Crippen LogP contribution is 2.43. The summed E-state index contributed by atoms with van der Waals surface area (Å²) >= 11 is 1.64. The van der Waals surface area contributed by atoms with Crippen LogP contribution in [-0.2, 0) is 6.42 Å². The summed E-state index contributed by atoms with van der Waals surface area (Å²) in [6.07, 6.45) is 1.98. The van der Waals surface area contributed by atoms with Crippen molar-refractivity contribution in [3.8, 4) is 0 Å². The molecule has 0 amide bonds. The number of anilines is 3. The smallest absolute Gasteiger partial charge is 0.335 e. The molecule has 0 spiro atoms. The third-order valence-corrected chi connectivity index (χ3v) is 15.8. The van der Waals surface area contributed by atoms with Crippen molar-refractivity contribution in [2.24, 2.45) is 16.8 Å². The fraction of sp³-hybridized carbons (Fsp3) is 0.370. The third-order valence-electron chi connectivity index (χ3n) is 14.6. The van der Waals surface area contributed by atoms with Gasteiger partial charge in [0.2, 0.25) is 0 Å². The maximum absolute atomic E-state index is 15.3. The van der Waals surface area contributed by atoms with Crippen molar-refractivity contribution in [1.82, 2.24) is 9.80 Å². The van der Waals surface area contributed by atoms with E-state index in [2.05, 4.69) is 82.0 Å². The van der Waals surface area contributed by atoms with Crippen molar-refractivity contribution in [3.63, 3.8) is 0 Å². The summed E-state index contributed by atoms with van der Waals surface area (Å²) < 4.78 is 29.3. The average molecular weight is 921 g/mol. The Kier molecular flexibility index (Phi) is 12.2. The second kappa shape index (κ2) is 18.2. The summed E-state index contributed by atoms with van der Waals surface area (Å²) in [5, 5.41) is 27.9. The molecule has 13 heteroatoms. The highest BCUT2D eigenvalue weighted by molar-refractivity contribution is 7.17. The number of aromatic carboxylic acids is 1. The summed E-state index contributed by atoms with van der Waals surface area (Å²) in [4.78, 5) is 30.0. The number of nitrogens with one attached hydrogen (secondary N) is 2. The molecule has 5 aromatic rings. The Morgan fingerprint density at radius 3 is 1.94 bits per heavy atom. The van der Waals surface area contributed by atoms with Gasteiger partial charge >= 0.3 is 5.97 Å². The zero-order chi connectivity index (χ0) is 46.7. The van der Waals surface area contributed by atoms with E-state index in [4.69, 9.17) is 15.8 Å². The maximum Gasteiger partial charge on any atom is 0.335 e. The summed E-state index contributed by atoms with van der Waals surface area (Å²) in [6.45, 7) is 18.6. The normalized spacial score (nSPS) is 19.6. The minimum absolute atomic E-state index is 0.234. The van der Waals surface area contributed by atoms with Gasteiger partial charge in [0.1, 0.15) is 34.3 Å². The average Bonchev–Trinajstić information content (AvgIpc) is 3.39. The molecule has 0 bridgehead atoms. The van der Waals surface area contributed by atoms with Gasteiger partial charge in [-0.3, -0.25) is 20.7 Å². The number of amidine groups is 2. The van der Waals surface area contributed by atoms with Crippen molar-refractivity contribution in [3.05, 3.63) is 146 Å². The summed E-state index contributed by atoms with van der Waals surface area (Å²) in [5.74, 6) is -0.249. The Labute approximate surface area is 395 Å². The van der Waals surface area contributed by atoms with Gasteiger partial charge in [-0.1, -0.05) is 30.3 Å². The lowest BCUT2D eigenvalue weighted by Gasteiger charge is -2.46. The maximum atomic E-state index is 15.3. The van der Waals surface area contributed by atoms with Crippen LogP contribution >= 0.6 is 11.3 Å². The fourth-order valence-electron chi connectivity index (χ4n) is 10.8. The van der Waals surface area contributed by atoms with Gasteiger partial charge in [-0.25, -0.2) is 13.6 Å². The van der Waals surface area contributed by atoms with E-state index >= 15 is 4.39 Å². The third kappa shape index (κ3) is 8.73. The van der Waals surface area contributed by atoms with Crippen LogP contribution in [0.1, 0.15) is 80.9 Å². The number of hydrogen-bond donors (Lipinski definition) is 3. The monoisotopic (exact) mass is 920 g/mol. The lowest BCUT2D eigenvalue weighted by atomic mass is 9.87. The van der Waals surface area contributed by atoms with E-state index in [0.717, 1.165) is 139 Å². The number of piperazine rings is 1. The van der Waals surface area contributed by atoms with Crippen LogP contribution in [-0.4, -0.2) is 110 Å². The number of carboxylic acid groups (broad SMARTS) is 1. The molecule has 10 nitrogen and oxygen atoms in total. The van der Waals surface area contributed by atoms with Gasteiger partial charge in [-0.15, -0.1) is 11.3 Å². The van der Waals surface area contributed by atoms with Crippen LogP contribution in [0.4, 0.5) is 25.2 Å². The molecule has 10 rings (SSSR count). The number of nitrogens with zero attached hydrogens (tertiary/aromatic N) is 6. The number of aryl methyl sites for hydroxylation is 2. The number of aliphatic imine (C=N–C) groups is 1. The first-order chi connectivity index (χ1) is 32.3. The topological polar surface area (TPSA) is 114 Å². The van der Waals surface area contributed by atoms with Crippen molar-refractivity contribution >= 4 is 62.2 Å². The van der Waals surface area contributed by atoms with E-state index in [1.807, 2.05) is 13.0 Å². The highest BCUT2D eigenvalue weighted by atomic mass is 32.1. The molecule has 3 saturated heterocycles. The van der Waals surface area contributed by atoms with Crippen LogP contribution in [0.15, 0.2) is 89.9 Å². The van der Waals surface area contributed by atoms with Gasteiger partial charge in [-0.05, 0) is 129 Å². The van der Waals surface area contributed by atoms with E-state index in [1.165, 1.54) is 22.7 Å². The van der Waals surface area contributed by atoms with Gasteiger partial charge < -0.3 is 24.7 Å². The molecule has 0 saturated carbocycles. The van der Waals surface area contributed by atoms with Crippen LogP contribution in [0.2, 0.25) is 0 Å². The summed E-state index contributed by atoms with van der Waals surface area (Å²) in [5.41, 5.74) is 11.6. The van der Waals surface area contributed by atoms with Gasteiger partial charge in [0, 0.05) is 116 Å². The van der Waals surface area contributed by atoms with Gasteiger partial charge in [0.05, 0.1) is 11.3 Å². The second-order valence-corrected chi connectivity index (χ2v) is 20.4. The molecular formula is C54H58F2N8O2S. The van der Waals surface area contributed by atoms with Crippen molar-refractivity contribution in [1.29, 1.82) is 10.8 Å². The first kappa shape index (κ1) is 44.8. The first-order valence-corrected chi connectivity index (χ1v) is 24.4. The fourth-order valence-corrected chi connectivity index (χ4v) is 12.0. The number of benzene rings is 4. The Bertz CT molecular complexity index is 2820. The molecule has 1 atom stereocenters. The molecule has 346 valence electrons. The van der Waals surface area contributed by atoms with Crippen molar-refractivity contribution in [2.75, 3.05) is 80.1 Å². The Morgan fingerprint density at radius 1 is 0.791 bits per heavy atom. The number of allylic oxidation sites excluding steroid dienone is 1. The molecular weight excluding hydrogens is 863 g/mol. The van der Waals surface area contributed by atoms with Crippen molar-refractivity contribution in [2.45, 2.75) is 53.0 Å². The molecule has 3 N–H and O–H groups in total. The lowest BCUT2D eigenvalue weighted by Crippen LogP contribution is -2.57. The molecule has 5 heterocycles. The second-order valence-electron chi connectivity index (χ2n) is 19.2. The predicted octanol–water partition coefficient (Wildman–Crippen LogP) is 9.85. The molecule has 4 aliphatic heterocycles. The van der Waals surface area contributed by atoms with Crippen LogP contribution in [0.5, 0.6) is 0 Å². The number of thiophene rings is 1. The Hall–Kier alpha value is -6.02. The molecule has 67 heavy (non-hydrogen) atoms. The zero-order valence-electron chi connectivity index (χ0n) is 38.7. The Balaban J connectivity index is 0.711. The van der Waals surface area contributed by atoms with E-state index in [1.54, 1.807) is 35.3 Å². The molecule has 5 aliphatic rings. The largest absolute Gasteiger partial charge is 0.478 e. The van der Waals surface area contributed by atoms with E-state index in [9.17, 15) is 14.3 Å². The molecule has 1 aromatic heterocycles. The summed E-state index contributed by atoms with van der Waals surface area (Å²) in [6, 6.07) is 25.8. The number of carboxylic acids is 1. The van der Waals surface area contributed by atoms with Crippen LogP contribution in [0.3, 0.4) is 0 Å². The Morgan fingerprint density at radius 2 is 1.37 bits per heavy atom. The van der Waals surface area contributed by atoms with Gasteiger partial charge in [-0.2, -0.15) is 0 Å². The first-order valence-electron chi connectivity index (χ1n) is 23.6. The van der Waals surface area contributed by atoms with Crippen LogP contribution in [0.25, 0.3) is 11.1 Å². The van der Waals surface area contributed by atoms with E-state index < -0.39 is 17.6 Å². The lowest BCUT2D eigenvalue weighted by molar-refractivity contribution is 0.0696. The SMILES string of the molecule is CC(=N)N1C(=N)[C@H](C)N=C(c2ccc(N3CC(CN4CCN(CC5CN(c6ccc(C7=C(c8ccc(F)cc8F)CCCc8cc(C(=O)O)ccc87)cc6)C5)CC4)C3)cc2)c2c1sc(C)c2C. The quantitative estimate of drug-likeness (QED) is 0.0945. The van der Waals surface area contributed by atoms with Crippen LogP contribution in [0, 0.1) is 48.1 Å². The standard InChI is InChI=1S/C54H58F2N8O2S/c1-32-34(3)67-53-49(32)51(59-33(2)52(58)64(53)35(4)57)39-10-16-44(17-11-39)63-30-37(31-63)27-61-22-20-60(21-23-61)26-36-28-62(29-36)43-14-8-38(9-15-43)50-45-18-12-41(54(65)66)24-40(45)6-5-7-47(50)46-19-13-42(55)25-48(46)56/h8-19,24-25,33,36-37,57-58H,5-7,20-23,26-31H2,1-4H3,(H,65,66)/t33-/m0/s1. The van der Waals surface area contributed by atoms with Crippen LogP contribution < -0.4 is 14.7 Å². The molecule has 0 radical (unpaired) electrons. The number of fused-ring (bicyclic) bond motifs is 2. The number of hydrogen-bond acceptors (Lipinski definition) is 9. The van der Waals surface area contributed by atoms with Gasteiger partial charge in [0.15, 0.2) is 0 Å². The molecule has 1 aliphatic carbocycles. The zero-order valence-corrected chi connectivity index (χ0v) is 39.5. The molecule has 3 fully saturated rings. The molecule has 4 aromatic carbocycles. The number of halogens is 2. The minimum atomic E-state index is -0.975. The number of carbonyl (C=O) groups is 1. The minimum Gasteiger partial charge on any atom is -0.478 e. The van der Waals surface area contributed by atoms with E-state index in [0.29, 0.717) is 41.9 Å². The number of rotatable bonds is 10. The highest BCUT2D eigenvalue weighted by Gasteiger charge is 2.35. The van der Waals surface area contributed by atoms with E-state index in [-0.39, 0.29) is 11.6 Å². The predicted molar refractivity (Wildman–Crippen MR) is 268 cm³/mol. The molecule has 0 unspecified atom stereocenters. The van der Waals surface area contributed by atoms with Crippen molar-refractivity contribution < 1.29 is 18.7 Å². The summed E-state index contributed by atoms with van der Waals surface area (Å²) in [7, 11) is 0. The van der Waals surface area contributed by atoms with Gasteiger partial charge in [0.25, 0.3) is 0 Å².